The van der Waals surface area contributed by atoms with Gasteiger partial charge in [-0.1, -0.05) is 12.5 Å². The molecule has 2 aliphatic heterocycles. The second-order valence-corrected chi connectivity index (χ2v) is 5.46. The first-order valence-corrected chi connectivity index (χ1v) is 6.87. The maximum absolute atomic E-state index is 3.77. The van der Waals surface area contributed by atoms with Crippen LogP contribution < -0.4 is 5.32 Å². The van der Waals surface area contributed by atoms with Gasteiger partial charge in [0.2, 0.25) is 0 Å². The highest BCUT2D eigenvalue weighted by Gasteiger charge is 2.35. The second kappa shape index (κ2) is 5.83. The van der Waals surface area contributed by atoms with E-state index in [1.54, 1.807) is 0 Å². The van der Waals surface area contributed by atoms with Crippen LogP contribution in [0.5, 0.6) is 0 Å². The molecule has 2 atom stereocenters. The van der Waals surface area contributed by atoms with Crippen LogP contribution in [0.1, 0.15) is 44.9 Å². The van der Waals surface area contributed by atoms with Crippen molar-refractivity contribution in [2.24, 2.45) is 0 Å². The molecule has 2 fully saturated rings. The molecule has 0 saturated carbocycles. The fraction of sp³-hybridized carbons (Fsp3) is 0.857. The van der Waals surface area contributed by atoms with Gasteiger partial charge in [-0.05, 0) is 52.1 Å². The first-order chi connectivity index (χ1) is 7.81. The maximum Gasteiger partial charge on any atom is 0.0110 e. The molecule has 2 aliphatic rings. The Balaban J connectivity index is 1.74. The predicted molar refractivity (Wildman–Crippen MR) is 69.6 cm³/mol. The molecule has 92 valence electrons. The smallest absolute Gasteiger partial charge is 0.0110 e. The molecule has 2 nitrogen and oxygen atoms in total. The number of piperidine rings is 2. The number of nitrogens with one attached hydrogen (secondary N) is 1. The zero-order valence-electron chi connectivity index (χ0n) is 10.6. The van der Waals surface area contributed by atoms with E-state index < -0.39 is 0 Å². The molecule has 1 N–H and O–H groups in total. The maximum atomic E-state index is 3.77. The first-order valence-electron chi connectivity index (χ1n) is 6.87. The Kier molecular flexibility index (Phi) is 4.42. The van der Waals surface area contributed by atoms with E-state index >= 15 is 0 Å². The second-order valence-electron chi connectivity index (χ2n) is 5.46. The Labute approximate surface area is 100 Å². The van der Waals surface area contributed by atoms with Gasteiger partial charge in [-0.2, -0.15) is 0 Å². The van der Waals surface area contributed by atoms with Crippen LogP contribution in [-0.2, 0) is 0 Å². The SMILES string of the molecule is C=CCCCNC1CC2CCCC(C1)N2C. The van der Waals surface area contributed by atoms with Crippen LogP contribution in [0.2, 0.25) is 0 Å². The number of unbranched alkanes of at least 4 members (excludes halogenated alkanes) is 1. The van der Waals surface area contributed by atoms with Crippen LogP contribution >= 0.6 is 0 Å². The number of nitrogens with zero attached hydrogens (tertiary/aromatic N) is 1. The van der Waals surface area contributed by atoms with Gasteiger partial charge in [0.25, 0.3) is 0 Å². The molecule has 0 spiro atoms. The Morgan fingerprint density at radius 3 is 2.62 bits per heavy atom. The van der Waals surface area contributed by atoms with Crippen LogP contribution in [0.25, 0.3) is 0 Å². The fourth-order valence-electron chi connectivity index (χ4n) is 3.34. The van der Waals surface area contributed by atoms with Crippen LogP contribution in [0.3, 0.4) is 0 Å². The zero-order valence-corrected chi connectivity index (χ0v) is 10.6. The summed E-state index contributed by atoms with van der Waals surface area (Å²) < 4.78 is 0. The van der Waals surface area contributed by atoms with Gasteiger partial charge in [0, 0.05) is 18.1 Å². The van der Waals surface area contributed by atoms with E-state index in [4.69, 9.17) is 0 Å². The van der Waals surface area contributed by atoms with Gasteiger partial charge in [0.15, 0.2) is 0 Å². The minimum absolute atomic E-state index is 0.774. The molecule has 0 aromatic rings. The lowest BCUT2D eigenvalue weighted by Gasteiger charge is -2.47. The highest BCUT2D eigenvalue weighted by Crippen LogP contribution is 2.32. The number of fused-ring (bicyclic) bond motifs is 2. The Hall–Kier alpha value is -0.340. The molecule has 0 amide bonds. The Bertz CT molecular complexity index is 213. The molecule has 2 heteroatoms. The largest absolute Gasteiger partial charge is 0.314 e. The van der Waals surface area contributed by atoms with E-state index in [2.05, 4.69) is 23.8 Å². The van der Waals surface area contributed by atoms with E-state index in [0.717, 1.165) is 24.5 Å². The molecule has 16 heavy (non-hydrogen) atoms. The quantitative estimate of drug-likeness (QED) is 0.568. The van der Waals surface area contributed by atoms with Gasteiger partial charge < -0.3 is 10.2 Å². The topological polar surface area (TPSA) is 15.3 Å². The van der Waals surface area contributed by atoms with Crippen molar-refractivity contribution in [2.75, 3.05) is 13.6 Å². The summed E-state index contributed by atoms with van der Waals surface area (Å²) in [5.74, 6) is 0. The van der Waals surface area contributed by atoms with Crippen molar-refractivity contribution in [3.8, 4) is 0 Å². The van der Waals surface area contributed by atoms with Gasteiger partial charge in [-0.25, -0.2) is 0 Å². The van der Waals surface area contributed by atoms with Crippen molar-refractivity contribution in [1.82, 2.24) is 10.2 Å². The highest BCUT2D eigenvalue weighted by atomic mass is 15.2. The summed E-state index contributed by atoms with van der Waals surface area (Å²) in [6, 6.07) is 2.48. The summed E-state index contributed by atoms with van der Waals surface area (Å²) in [6.07, 6.45) is 11.4. The molecule has 2 rings (SSSR count). The fourth-order valence-corrected chi connectivity index (χ4v) is 3.34. The van der Waals surface area contributed by atoms with Crippen LogP contribution in [0, 0.1) is 0 Å². The molecule has 0 aromatic heterocycles. The van der Waals surface area contributed by atoms with E-state index in [0.29, 0.717) is 0 Å². The van der Waals surface area contributed by atoms with Gasteiger partial charge >= 0.3 is 0 Å². The molecule has 2 saturated heterocycles. The van der Waals surface area contributed by atoms with Crippen LogP contribution in [0.4, 0.5) is 0 Å². The van der Waals surface area contributed by atoms with Crippen LogP contribution in [-0.4, -0.2) is 36.6 Å². The number of hydrogen-bond donors (Lipinski definition) is 1. The standard InChI is InChI=1S/C14H26N2/c1-3-4-5-9-15-12-10-13-7-6-8-14(11-12)16(13)2/h3,12-15H,1,4-11H2,2H3. The minimum Gasteiger partial charge on any atom is -0.314 e. The predicted octanol–water partition coefficient (Wildman–Crippen LogP) is 2.56. The molecule has 2 heterocycles. The molecular formula is C14H26N2. The summed E-state index contributed by atoms with van der Waals surface area (Å²) in [4.78, 5) is 2.63. The van der Waals surface area contributed by atoms with Crippen molar-refractivity contribution >= 4 is 0 Å². The highest BCUT2D eigenvalue weighted by molar-refractivity contribution is 4.93. The summed E-state index contributed by atoms with van der Waals surface area (Å²) >= 11 is 0. The normalized spacial score (nSPS) is 34.9. The third-order valence-electron chi connectivity index (χ3n) is 4.36. The average molecular weight is 222 g/mol. The van der Waals surface area contributed by atoms with Gasteiger partial charge in [0.05, 0.1) is 0 Å². The minimum atomic E-state index is 0.774. The number of allylic oxidation sites excluding steroid dienone is 1. The molecule has 0 aromatic carbocycles. The molecule has 2 bridgehead atoms. The van der Waals surface area contributed by atoms with Crippen molar-refractivity contribution in [3.63, 3.8) is 0 Å². The summed E-state index contributed by atoms with van der Waals surface area (Å²) in [5, 5.41) is 3.73. The third-order valence-corrected chi connectivity index (χ3v) is 4.36. The zero-order chi connectivity index (χ0) is 11.4. The van der Waals surface area contributed by atoms with Crippen molar-refractivity contribution in [1.29, 1.82) is 0 Å². The number of hydrogen-bond acceptors (Lipinski definition) is 2. The molecule has 0 aliphatic carbocycles. The average Bonchev–Trinajstić information content (AvgIpc) is 2.25. The lowest BCUT2D eigenvalue weighted by molar-refractivity contribution is 0.0487. The van der Waals surface area contributed by atoms with E-state index in [1.807, 2.05) is 6.08 Å². The molecule has 2 unspecified atom stereocenters. The summed E-state index contributed by atoms with van der Waals surface area (Å²) in [5.41, 5.74) is 0. The van der Waals surface area contributed by atoms with Crippen molar-refractivity contribution < 1.29 is 0 Å². The summed E-state index contributed by atoms with van der Waals surface area (Å²) in [6.45, 7) is 4.93. The molecule has 0 radical (unpaired) electrons. The third kappa shape index (κ3) is 2.86. The van der Waals surface area contributed by atoms with Crippen molar-refractivity contribution in [2.45, 2.75) is 63.1 Å². The molecular weight excluding hydrogens is 196 g/mol. The van der Waals surface area contributed by atoms with E-state index in [9.17, 15) is 0 Å². The van der Waals surface area contributed by atoms with E-state index in [1.165, 1.54) is 45.1 Å². The monoisotopic (exact) mass is 222 g/mol. The van der Waals surface area contributed by atoms with Gasteiger partial charge in [0.1, 0.15) is 0 Å². The van der Waals surface area contributed by atoms with Crippen molar-refractivity contribution in [3.05, 3.63) is 12.7 Å². The lowest BCUT2D eigenvalue weighted by Crippen LogP contribution is -2.54. The first kappa shape index (κ1) is 12.1. The van der Waals surface area contributed by atoms with Crippen LogP contribution in [0.15, 0.2) is 12.7 Å². The Morgan fingerprint density at radius 1 is 1.31 bits per heavy atom. The Morgan fingerprint density at radius 2 is 2.00 bits per heavy atom. The lowest BCUT2D eigenvalue weighted by atomic mass is 9.82. The van der Waals surface area contributed by atoms with E-state index in [-0.39, 0.29) is 0 Å². The summed E-state index contributed by atoms with van der Waals surface area (Å²) in [7, 11) is 2.32. The number of rotatable bonds is 5. The van der Waals surface area contributed by atoms with Gasteiger partial charge in [-0.3, -0.25) is 0 Å². The van der Waals surface area contributed by atoms with Gasteiger partial charge in [-0.15, -0.1) is 6.58 Å².